The molecule has 10 rings (SSSR count). The Morgan fingerprint density at radius 1 is 0.420 bits per heavy atom. The van der Waals surface area contributed by atoms with Crippen molar-refractivity contribution in [2.45, 2.75) is 6.17 Å². The van der Waals surface area contributed by atoms with Gasteiger partial charge < -0.3 is 14.2 Å². The first-order valence-corrected chi connectivity index (χ1v) is 16.8. The summed E-state index contributed by atoms with van der Waals surface area (Å²) >= 11 is 0. The molecule has 0 fully saturated rings. The van der Waals surface area contributed by atoms with E-state index in [0.29, 0.717) is 5.84 Å². The summed E-state index contributed by atoms with van der Waals surface area (Å²) in [4.78, 5) is 10.4. The van der Waals surface area contributed by atoms with Crippen LogP contribution >= 0.6 is 0 Å². The molecule has 2 aromatic heterocycles. The van der Waals surface area contributed by atoms with E-state index in [-0.39, 0.29) is 0 Å². The second-order valence-electron chi connectivity index (χ2n) is 12.6. The molecule has 0 spiro atoms. The molecule has 236 valence electrons. The van der Waals surface area contributed by atoms with E-state index in [0.717, 1.165) is 83.1 Å². The standard InChI is InChI=1S/C45H29N3O2/c1-3-11-28(12-4-1)29-19-21-31(22-20-29)44-46-43(30-13-5-2-6-14-30)47-45(48-44)37-26-33(27-41-42(37)35-16-8-10-18-39(35)50-41)32-23-24-40-36(25-32)34-15-7-9-17-38(34)49-40/h1-27,45H,(H,46,47,48). The number of para-hydroxylation sites is 2. The maximum atomic E-state index is 6.54. The fourth-order valence-corrected chi connectivity index (χ4v) is 7.10. The minimum atomic E-state index is -0.437. The number of fused-ring (bicyclic) bond motifs is 6. The second-order valence-corrected chi connectivity index (χ2v) is 12.6. The summed E-state index contributed by atoms with van der Waals surface area (Å²) in [6, 6.07) is 56.3. The molecule has 0 bridgehead atoms. The van der Waals surface area contributed by atoms with Gasteiger partial charge in [0.15, 0.2) is 5.84 Å². The van der Waals surface area contributed by atoms with Crippen molar-refractivity contribution >= 4 is 55.5 Å². The van der Waals surface area contributed by atoms with E-state index in [4.69, 9.17) is 18.8 Å². The lowest BCUT2D eigenvalue weighted by Gasteiger charge is -2.25. The molecule has 0 radical (unpaired) electrons. The third kappa shape index (κ3) is 4.79. The van der Waals surface area contributed by atoms with Crippen LogP contribution in [-0.2, 0) is 0 Å². The summed E-state index contributed by atoms with van der Waals surface area (Å²) in [5, 5.41) is 7.99. The van der Waals surface area contributed by atoms with E-state index in [1.807, 2.05) is 54.6 Å². The fraction of sp³-hybridized carbons (Fsp3) is 0.0222. The van der Waals surface area contributed by atoms with Gasteiger partial charge in [-0.25, -0.2) is 9.98 Å². The number of nitrogens with zero attached hydrogens (tertiary/aromatic N) is 2. The van der Waals surface area contributed by atoms with Gasteiger partial charge >= 0.3 is 0 Å². The average Bonchev–Trinajstić information content (AvgIpc) is 3.76. The highest BCUT2D eigenvalue weighted by atomic mass is 16.3. The number of hydrogen-bond donors (Lipinski definition) is 1. The number of hydrogen-bond acceptors (Lipinski definition) is 5. The lowest BCUT2D eigenvalue weighted by atomic mass is 9.95. The van der Waals surface area contributed by atoms with E-state index in [1.54, 1.807) is 0 Å². The highest BCUT2D eigenvalue weighted by Gasteiger charge is 2.26. The third-order valence-corrected chi connectivity index (χ3v) is 9.55. The van der Waals surface area contributed by atoms with Crippen molar-refractivity contribution in [2.75, 3.05) is 0 Å². The topological polar surface area (TPSA) is 63.0 Å². The summed E-state index contributed by atoms with van der Waals surface area (Å²) in [6.07, 6.45) is -0.437. The first-order chi connectivity index (χ1) is 24.7. The molecule has 50 heavy (non-hydrogen) atoms. The van der Waals surface area contributed by atoms with Crippen LogP contribution in [0.5, 0.6) is 0 Å². The summed E-state index contributed by atoms with van der Waals surface area (Å²) in [7, 11) is 0. The molecular weight excluding hydrogens is 615 g/mol. The van der Waals surface area contributed by atoms with Gasteiger partial charge in [-0.05, 0) is 58.7 Å². The van der Waals surface area contributed by atoms with Crippen LogP contribution in [0.1, 0.15) is 22.9 Å². The largest absolute Gasteiger partial charge is 0.456 e. The van der Waals surface area contributed by atoms with Crippen molar-refractivity contribution in [3.63, 3.8) is 0 Å². The van der Waals surface area contributed by atoms with Gasteiger partial charge in [0.25, 0.3) is 0 Å². The molecule has 9 aromatic rings. The van der Waals surface area contributed by atoms with Crippen molar-refractivity contribution in [3.05, 3.63) is 180 Å². The Morgan fingerprint density at radius 2 is 1.00 bits per heavy atom. The Balaban J connectivity index is 1.15. The van der Waals surface area contributed by atoms with Gasteiger partial charge in [-0.1, -0.05) is 127 Å². The Kier molecular flexibility index (Phi) is 6.49. The van der Waals surface area contributed by atoms with Crippen LogP contribution < -0.4 is 5.32 Å². The predicted octanol–water partition coefficient (Wildman–Crippen LogP) is 11.3. The summed E-state index contributed by atoms with van der Waals surface area (Å²) in [5.41, 5.74) is 10.8. The molecule has 0 saturated carbocycles. The molecular formula is C45H29N3O2. The normalized spacial score (nSPS) is 14.6. The summed E-state index contributed by atoms with van der Waals surface area (Å²) in [6.45, 7) is 0. The van der Waals surface area contributed by atoms with Crippen LogP contribution in [-0.4, -0.2) is 11.7 Å². The summed E-state index contributed by atoms with van der Waals surface area (Å²) < 4.78 is 12.7. The summed E-state index contributed by atoms with van der Waals surface area (Å²) in [5.74, 6) is 1.44. The van der Waals surface area contributed by atoms with E-state index < -0.39 is 6.17 Å². The van der Waals surface area contributed by atoms with Crippen LogP contribution in [0.25, 0.3) is 66.1 Å². The van der Waals surface area contributed by atoms with Gasteiger partial charge in [0.2, 0.25) is 0 Å². The maximum Gasteiger partial charge on any atom is 0.159 e. The molecule has 5 heteroatoms. The van der Waals surface area contributed by atoms with E-state index >= 15 is 0 Å². The van der Waals surface area contributed by atoms with Crippen LogP contribution in [0.2, 0.25) is 0 Å². The molecule has 1 N–H and O–H groups in total. The highest BCUT2D eigenvalue weighted by Crippen LogP contribution is 2.40. The molecule has 5 nitrogen and oxygen atoms in total. The molecule has 0 amide bonds. The molecule has 1 aliphatic rings. The third-order valence-electron chi connectivity index (χ3n) is 9.55. The van der Waals surface area contributed by atoms with Crippen molar-refractivity contribution in [3.8, 4) is 22.3 Å². The molecule has 3 heterocycles. The zero-order valence-corrected chi connectivity index (χ0v) is 26.9. The quantitative estimate of drug-likeness (QED) is 0.203. The minimum Gasteiger partial charge on any atom is -0.456 e. The Bertz CT molecular complexity index is 2770. The zero-order chi connectivity index (χ0) is 33.0. The highest BCUT2D eigenvalue weighted by molar-refractivity contribution is 6.14. The Morgan fingerprint density at radius 3 is 1.78 bits per heavy atom. The molecule has 1 unspecified atom stereocenters. The molecule has 0 saturated heterocycles. The van der Waals surface area contributed by atoms with E-state index in [9.17, 15) is 0 Å². The van der Waals surface area contributed by atoms with Gasteiger partial charge in [0, 0.05) is 38.2 Å². The first kappa shape index (κ1) is 28.3. The monoisotopic (exact) mass is 643 g/mol. The number of furan rings is 2. The van der Waals surface area contributed by atoms with Crippen LogP contribution in [0.15, 0.2) is 183 Å². The maximum absolute atomic E-state index is 6.54. The van der Waals surface area contributed by atoms with Gasteiger partial charge in [0.05, 0.1) is 0 Å². The average molecular weight is 644 g/mol. The number of amidine groups is 2. The SMILES string of the molecule is c1ccc(C2=NC(c3cc(-c4ccc5oc6ccccc6c5c4)cc4oc5ccccc5c34)NC(c3ccc(-c4ccccc4)cc3)=N2)cc1. The van der Waals surface area contributed by atoms with Crippen molar-refractivity contribution in [1.82, 2.24) is 5.32 Å². The van der Waals surface area contributed by atoms with Crippen molar-refractivity contribution in [2.24, 2.45) is 9.98 Å². The van der Waals surface area contributed by atoms with Gasteiger partial charge in [0.1, 0.15) is 34.3 Å². The minimum absolute atomic E-state index is 0.437. The zero-order valence-electron chi connectivity index (χ0n) is 26.9. The van der Waals surface area contributed by atoms with Crippen LogP contribution in [0.3, 0.4) is 0 Å². The molecule has 7 aromatic carbocycles. The lowest BCUT2D eigenvalue weighted by molar-refractivity contribution is 0.662. The van der Waals surface area contributed by atoms with Gasteiger partial charge in [-0.3, -0.25) is 0 Å². The van der Waals surface area contributed by atoms with Crippen LogP contribution in [0, 0.1) is 0 Å². The fourth-order valence-electron chi connectivity index (χ4n) is 7.10. The molecule has 1 aliphatic heterocycles. The van der Waals surface area contributed by atoms with Crippen molar-refractivity contribution < 1.29 is 8.83 Å². The van der Waals surface area contributed by atoms with Crippen molar-refractivity contribution in [1.29, 1.82) is 0 Å². The smallest absolute Gasteiger partial charge is 0.159 e. The van der Waals surface area contributed by atoms with E-state index in [1.165, 1.54) is 5.56 Å². The van der Waals surface area contributed by atoms with Gasteiger partial charge in [-0.15, -0.1) is 0 Å². The Labute approximate surface area is 287 Å². The number of aliphatic imine (C=N–C) groups is 2. The first-order valence-electron chi connectivity index (χ1n) is 16.8. The molecule has 0 aliphatic carbocycles. The van der Waals surface area contributed by atoms with Gasteiger partial charge in [-0.2, -0.15) is 0 Å². The molecule has 1 atom stereocenters. The lowest BCUT2D eigenvalue weighted by Crippen LogP contribution is -2.33. The number of rotatable bonds is 5. The Hall–Kier alpha value is -6.72. The predicted molar refractivity (Wildman–Crippen MR) is 204 cm³/mol. The number of nitrogens with one attached hydrogen (secondary N) is 1. The van der Waals surface area contributed by atoms with Crippen LogP contribution in [0.4, 0.5) is 0 Å². The van der Waals surface area contributed by atoms with E-state index in [2.05, 4.69) is 115 Å². The number of benzene rings is 7. The second kappa shape index (κ2) is 11.5.